The third kappa shape index (κ3) is 0.971. The van der Waals surface area contributed by atoms with Crippen LogP contribution in [0.4, 0.5) is 0 Å². The zero-order valence-electron chi connectivity index (χ0n) is 3.83. The van der Waals surface area contributed by atoms with E-state index in [9.17, 15) is 0 Å². The summed E-state index contributed by atoms with van der Waals surface area (Å²) in [6, 6.07) is 0. The molecule has 0 atom stereocenters. The maximum absolute atomic E-state index is 8.57. The molecule has 1 aliphatic heterocycles. The summed E-state index contributed by atoms with van der Waals surface area (Å²) in [5, 5.41) is 8.45. The molecule has 0 aromatic heterocycles. The predicted octanol–water partition coefficient (Wildman–Crippen LogP) is 0.117. The van der Waals surface area contributed by atoms with Gasteiger partial charge >= 0.3 is 0 Å². The molecule has 0 aliphatic carbocycles. The van der Waals surface area contributed by atoms with Gasteiger partial charge in [-0.25, -0.2) is 4.72 Å². The molecule has 0 bridgehead atoms. The summed E-state index contributed by atoms with van der Waals surface area (Å²) in [5.41, 5.74) is 0. The quantitative estimate of drug-likeness (QED) is 0.328. The summed E-state index contributed by atoms with van der Waals surface area (Å²) < 4.78 is 21.2. The van der Waals surface area contributed by atoms with Crippen molar-refractivity contribution in [1.82, 2.24) is 9.44 Å². The second-order valence-corrected chi connectivity index (χ2v) is 2.84. The molecule has 5 N–H and O–H groups in total. The minimum absolute atomic E-state index is 0.259. The Labute approximate surface area is 47.6 Å². The Morgan fingerprint density at radius 1 is 1.50 bits per heavy atom. The number of hydrogen-bond acceptors (Lipinski definition) is 5. The van der Waals surface area contributed by atoms with Gasteiger partial charge in [0, 0.05) is 0 Å². The molecule has 0 spiro atoms. The van der Waals surface area contributed by atoms with Crippen molar-refractivity contribution in [2.45, 2.75) is 0 Å². The highest BCUT2D eigenvalue weighted by Crippen LogP contribution is 2.32. The van der Waals surface area contributed by atoms with Crippen molar-refractivity contribution >= 4 is 11.0 Å². The van der Waals surface area contributed by atoms with Gasteiger partial charge in [-0.1, -0.05) is 0 Å². The fourth-order valence-electron chi connectivity index (χ4n) is 0.343. The summed E-state index contributed by atoms with van der Waals surface area (Å²) in [7, 11) is -2.94. The lowest BCUT2D eigenvalue weighted by atomic mass is 10.9. The minimum atomic E-state index is -2.94. The molecule has 1 heterocycles. The highest BCUT2D eigenvalue weighted by Gasteiger charge is 2.16. The topological polar surface area (TPSA) is 84.8 Å². The van der Waals surface area contributed by atoms with E-state index in [4.69, 9.17) is 14.2 Å². The Kier molecular flexibility index (Phi) is 0.999. The molecular weight excluding hydrogens is 132 g/mol. The number of nitrogens with one attached hydrogen (secondary N) is 2. The smallest absolute Gasteiger partial charge is 0.222 e. The maximum Gasteiger partial charge on any atom is 0.222 e. The van der Waals surface area contributed by atoms with Crippen LogP contribution in [0.1, 0.15) is 0 Å². The van der Waals surface area contributed by atoms with E-state index < -0.39 is 11.0 Å². The maximum atomic E-state index is 8.57. The largest absolute Gasteiger partial charge is 0.493 e. The van der Waals surface area contributed by atoms with Gasteiger partial charge in [0.1, 0.15) is 0 Å². The highest BCUT2D eigenvalue weighted by atomic mass is 32.3. The first-order valence-corrected chi connectivity index (χ1v) is 3.37. The monoisotopic (exact) mass is 138 g/mol. The van der Waals surface area contributed by atoms with Gasteiger partial charge in [0.25, 0.3) is 0 Å². The summed E-state index contributed by atoms with van der Waals surface area (Å²) >= 11 is 0. The molecule has 48 valence electrons. The molecule has 0 aromatic rings. The van der Waals surface area contributed by atoms with Crippen molar-refractivity contribution < 1.29 is 14.2 Å². The van der Waals surface area contributed by atoms with Crippen molar-refractivity contribution in [1.29, 1.82) is 0 Å². The first kappa shape index (κ1) is 5.54. The molecule has 1 aliphatic rings. The number of rotatable bonds is 0. The molecular formula is C2H6N2O3S. The number of hydrogen-bond donors (Lipinski definition) is 5. The van der Waals surface area contributed by atoms with Crippen LogP contribution in [0.2, 0.25) is 0 Å². The van der Waals surface area contributed by atoms with Crippen LogP contribution in [0, 0.1) is 0 Å². The summed E-state index contributed by atoms with van der Waals surface area (Å²) in [6.45, 7) is 0. The normalized spacial score (nSPS) is 27.5. The summed E-state index contributed by atoms with van der Waals surface area (Å²) in [4.78, 5) is 0. The van der Waals surface area contributed by atoms with Crippen molar-refractivity contribution in [3.63, 3.8) is 0 Å². The van der Waals surface area contributed by atoms with E-state index in [1.807, 2.05) is 4.72 Å². The highest BCUT2D eigenvalue weighted by molar-refractivity contribution is 8.21. The first-order chi connectivity index (χ1) is 3.60. The minimum Gasteiger partial charge on any atom is -0.493 e. The van der Waals surface area contributed by atoms with E-state index in [1.165, 1.54) is 0 Å². The van der Waals surface area contributed by atoms with E-state index in [-0.39, 0.29) is 5.88 Å². The van der Waals surface area contributed by atoms with Gasteiger partial charge in [0.2, 0.25) is 5.88 Å². The molecule has 0 fully saturated rings. The van der Waals surface area contributed by atoms with Crippen LogP contribution in [0.3, 0.4) is 0 Å². The molecule has 0 radical (unpaired) electrons. The second-order valence-electron chi connectivity index (χ2n) is 1.30. The number of aliphatic hydroxyl groups excluding tert-OH is 1. The molecule has 5 nitrogen and oxygen atoms in total. The standard InChI is InChI=1S/C2H6N2O3S/c5-2-1-3-8(6,7)4-2/h1,3-7H. The molecule has 0 saturated carbocycles. The van der Waals surface area contributed by atoms with E-state index in [1.54, 1.807) is 0 Å². The van der Waals surface area contributed by atoms with E-state index in [0.717, 1.165) is 6.20 Å². The molecule has 0 amide bonds. The van der Waals surface area contributed by atoms with Gasteiger partial charge in [-0.3, -0.25) is 13.8 Å². The SMILES string of the molecule is OC1=CNS(O)(O)N1. The molecule has 0 saturated heterocycles. The fraction of sp³-hybridized carbons (Fsp3) is 0. The second kappa shape index (κ2) is 1.44. The lowest BCUT2D eigenvalue weighted by molar-refractivity contribution is 0.384. The molecule has 0 unspecified atom stereocenters. The summed E-state index contributed by atoms with van der Waals surface area (Å²) in [5.74, 6) is -0.259. The van der Waals surface area contributed by atoms with Gasteiger partial charge in [0.05, 0.1) is 6.20 Å². The predicted molar refractivity (Wildman–Crippen MR) is 29.8 cm³/mol. The van der Waals surface area contributed by atoms with Crippen LogP contribution >= 0.6 is 11.0 Å². The van der Waals surface area contributed by atoms with Crippen LogP contribution in [0.5, 0.6) is 0 Å². The van der Waals surface area contributed by atoms with Gasteiger partial charge in [0.15, 0.2) is 0 Å². The third-order valence-corrected chi connectivity index (χ3v) is 1.55. The van der Waals surface area contributed by atoms with E-state index in [0.29, 0.717) is 0 Å². The lowest BCUT2D eigenvalue weighted by Gasteiger charge is -2.25. The first-order valence-electron chi connectivity index (χ1n) is 1.82. The molecule has 6 heteroatoms. The molecule has 8 heavy (non-hydrogen) atoms. The van der Waals surface area contributed by atoms with Crippen molar-refractivity contribution in [3.05, 3.63) is 12.1 Å². The van der Waals surface area contributed by atoms with Crippen LogP contribution in [-0.4, -0.2) is 14.2 Å². The van der Waals surface area contributed by atoms with Crippen LogP contribution in [-0.2, 0) is 0 Å². The zero-order valence-corrected chi connectivity index (χ0v) is 4.64. The lowest BCUT2D eigenvalue weighted by Crippen LogP contribution is -2.19. The van der Waals surface area contributed by atoms with E-state index in [2.05, 4.69) is 4.72 Å². The Bertz CT molecular complexity index is 133. The van der Waals surface area contributed by atoms with Crippen molar-refractivity contribution in [2.24, 2.45) is 0 Å². The Morgan fingerprint density at radius 2 is 2.12 bits per heavy atom. The zero-order chi connectivity index (χ0) is 6.20. The Balaban J connectivity index is 2.55. The average molecular weight is 138 g/mol. The van der Waals surface area contributed by atoms with Gasteiger partial charge in [-0.2, -0.15) is 0 Å². The van der Waals surface area contributed by atoms with Crippen LogP contribution in [0.25, 0.3) is 0 Å². The Morgan fingerprint density at radius 3 is 2.25 bits per heavy atom. The van der Waals surface area contributed by atoms with Gasteiger partial charge in [-0.15, -0.1) is 0 Å². The fourth-order valence-corrected chi connectivity index (χ4v) is 1.03. The molecule has 0 aromatic carbocycles. The Hall–Kier alpha value is -0.590. The van der Waals surface area contributed by atoms with Crippen LogP contribution in [0.15, 0.2) is 12.1 Å². The van der Waals surface area contributed by atoms with Crippen molar-refractivity contribution in [2.75, 3.05) is 0 Å². The average Bonchev–Trinajstić information content (AvgIpc) is 1.82. The van der Waals surface area contributed by atoms with Crippen molar-refractivity contribution in [3.8, 4) is 0 Å². The summed E-state index contributed by atoms with van der Waals surface area (Å²) in [6.07, 6.45) is 1.08. The van der Waals surface area contributed by atoms with Gasteiger partial charge in [-0.05, 0) is 11.0 Å². The third-order valence-electron chi connectivity index (χ3n) is 0.607. The van der Waals surface area contributed by atoms with Crippen LogP contribution < -0.4 is 9.44 Å². The van der Waals surface area contributed by atoms with Gasteiger partial charge < -0.3 is 5.11 Å². The number of aliphatic hydroxyl groups is 1. The molecule has 1 rings (SSSR count). The van der Waals surface area contributed by atoms with E-state index >= 15 is 0 Å².